The van der Waals surface area contributed by atoms with Crippen LogP contribution in [-0.4, -0.2) is 22.7 Å². The predicted molar refractivity (Wildman–Crippen MR) is 97.5 cm³/mol. The van der Waals surface area contributed by atoms with Crippen molar-refractivity contribution in [3.63, 3.8) is 0 Å². The Kier molecular flexibility index (Phi) is 5.30. The van der Waals surface area contributed by atoms with E-state index in [9.17, 15) is 4.79 Å². The van der Waals surface area contributed by atoms with Gasteiger partial charge in [0.2, 0.25) is 5.82 Å². The molecule has 6 nitrogen and oxygen atoms in total. The second kappa shape index (κ2) is 7.81. The normalized spacial score (nSPS) is 10.5. The van der Waals surface area contributed by atoms with Crippen molar-refractivity contribution in [1.82, 2.24) is 15.5 Å². The van der Waals surface area contributed by atoms with Crippen LogP contribution in [0.2, 0.25) is 5.02 Å². The van der Waals surface area contributed by atoms with Crippen molar-refractivity contribution in [2.75, 3.05) is 11.9 Å². The number of aromatic nitrogens is 2. The number of rotatable bonds is 5. The highest BCUT2D eigenvalue weighted by molar-refractivity contribution is 6.33. The maximum absolute atomic E-state index is 11.8. The molecule has 1 heterocycles. The third-order valence-electron chi connectivity index (χ3n) is 3.44. The van der Waals surface area contributed by atoms with E-state index in [4.69, 9.17) is 16.1 Å². The molecule has 0 spiro atoms. The SMILES string of the molecule is CCCNC(=O)Nc1cccc(-c2noc(-c3ccccc3Cl)n2)c1. The number of halogens is 1. The van der Waals surface area contributed by atoms with Gasteiger partial charge in [-0.05, 0) is 30.7 Å². The van der Waals surface area contributed by atoms with Crippen molar-refractivity contribution in [3.8, 4) is 22.8 Å². The Balaban J connectivity index is 1.80. The number of amides is 2. The first-order valence-corrected chi connectivity index (χ1v) is 8.29. The molecule has 0 saturated heterocycles. The maximum atomic E-state index is 11.8. The van der Waals surface area contributed by atoms with Crippen LogP contribution in [0.1, 0.15) is 13.3 Å². The summed E-state index contributed by atoms with van der Waals surface area (Å²) in [6.45, 7) is 2.62. The number of benzene rings is 2. The number of hydrogen-bond acceptors (Lipinski definition) is 4. The summed E-state index contributed by atoms with van der Waals surface area (Å²) >= 11 is 6.16. The zero-order valence-electron chi connectivity index (χ0n) is 13.6. The smallest absolute Gasteiger partial charge is 0.319 e. The third-order valence-corrected chi connectivity index (χ3v) is 3.77. The molecule has 0 fully saturated rings. The van der Waals surface area contributed by atoms with E-state index in [-0.39, 0.29) is 6.03 Å². The van der Waals surface area contributed by atoms with Gasteiger partial charge in [0.25, 0.3) is 5.89 Å². The van der Waals surface area contributed by atoms with Crippen LogP contribution < -0.4 is 10.6 Å². The van der Waals surface area contributed by atoms with Gasteiger partial charge in [0.1, 0.15) is 0 Å². The predicted octanol–water partition coefficient (Wildman–Crippen LogP) is 4.59. The highest BCUT2D eigenvalue weighted by Crippen LogP contribution is 2.28. The standard InChI is InChI=1S/C18H17ClN4O2/c1-2-10-20-18(24)21-13-7-5-6-12(11-13)16-22-17(25-23-16)14-8-3-4-9-15(14)19/h3-9,11H,2,10H2,1H3,(H2,20,21,24). The van der Waals surface area contributed by atoms with Crippen molar-refractivity contribution in [2.45, 2.75) is 13.3 Å². The Morgan fingerprint density at radius 3 is 2.84 bits per heavy atom. The lowest BCUT2D eigenvalue weighted by molar-refractivity contribution is 0.252. The average Bonchev–Trinajstić information content (AvgIpc) is 3.10. The van der Waals surface area contributed by atoms with Crippen LogP contribution in [0.4, 0.5) is 10.5 Å². The zero-order valence-corrected chi connectivity index (χ0v) is 14.4. The Hall–Kier alpha value is -2.86. The van der Waals surface area contributed by atoms with Gasteiger partial charge in [-0.25, -0.2) is 4.79 Å². The molecule has 0 aliphatic heterocycles. The molecule has 3 rings (SSSR count). The summed E-state index contributed by atoms with van der Waals surface area (Å²) in [5.41, 5.74) is 2.06. The van der Waals surface area contributed by atoms with Gasteiger partial charge in [-0.15, -0.1) is 0 Å². The van der Waals surface area contributed by atoms with Crippen LogP contribution in [0, 0.1) is 0 Å². The molecule has 7 heteroatoms. The van der Waals surface area contributed by atoms with Crippen molar-refractivity contribution in [2.24, 2.45) is 0 Å². The summed E-state index contributed by atoms with van der Waals surface area (Å²) in [6.07, 6.45) is 0.876. The first kappa shape index (κ1) is 17.0. The van der Waals surface area contributed by atoms with Crippen LogP contribution in [0.15, 0.2) is 53.1 Å². The van der Waals surface area contributed by atoms with E-state index >= 15 is 0 Å². The van der Waals surface area contributed by atoms with Crippen molar-refractivity contribution in [3.05, 3.63) is 53.6 Å². The molecule has 0 atom stereocenters. The van der Waals surface area contributed by atoms with Gasteiger partial charge in [0, 0.05) is 17.8 Å². The summed E-state index contributed by atoms with van der Waals surface area (Å²) in [5, 5.41) is 10.1. The molecule has 128 valence electrons. The molecule has 2 N–H and O–H groups in total. The number of carbonyl (C=O) groups excluding carboxylic acids is 1. The molecule has 0 aliphatic rings. The van der Waals surface area contributed by atoms with Crippen molar-refractivity contribution >= 4 is 23.3 Å². The minimum Gasteiger partial charge on any atom is -0.338 e. The van der Waals surface area contributed by atoms with Gasteiger partial charge in [-0.2, -0.15) is 4.98 Å². The molecular weight excluding hydrogens is 340 g/mol. The van der Waals surface area contributed by atoms with Gasteiger partial charge >= 0.3 is 6.03 Å². The fourth-order valence-electron chi connectivity index (χ4n) is 2.23. The molecule has 0 bridgehead atoms. The molecular formula is C18H17ClN4O2. The lowest BCUT2D eigenvalue weighted by Gasteiger charge is -2.07. The fraction of sp³-hybridized carbons (Fsp3) is 0.167. The number of carbonyl (C=O) groups is 1. The number of urea groups is 1. The van der Waals surface area contributed by atoms with Gasteiger partial charge < -0.3 is 15.2 Å². The molecule has 3 aromatic rings. The Morgan fingerprint density at radius 1 is 1.20 bits per heavy atom. The van der Waals surface area contributed by atoms with Gasteiger partial charge in [-0.3, -0.25) is 0 Å². The molecule has 0 aliphatic carbocycles. The fourth-order valence-corrected chi connectivity index (χ4v) is 2.45. The molecule has 1 aromatic heterocycles. The van der Waals surface area contributed by atoms with E-state index in [0.29, 0.717) is 34.5 Å². The number of anilines is 1. The van der Waals surface area contributed by atoms with Crippen LogP contribution in [0.5, 0.6) is 0 Å². The summed E-state index contributed by atoms with van der Waals surface area (Å²) in [5.74, 6) is 0.771. The monoisotopic (exact) mass is 356 g/mol. The second-order valence-electron chi connectivity index (χ2n) is 5.36. The van der Waals surface area contributed by atoms with E-state index in [1.165, 1.54) is 0 Å². The zero-order chi connectivity index (χ0) is 17.6. The van der Waals surface area contributed by atoms with Gasteiger partial charge in [0.15, 0.2) is 0 Å². The Morgan fingerprint density at radius 2 is 2.04 bits per heavy atom. The van der Waals surface area contributed by atoms with E-state index in [0.717, 1.165) is 12.0 Å². The highest BCUT2D eigenvalue weighted by Gasteiger charge is 2.13. The van der Waals surface area contributed by atoms with Crippen LogP contribution >= 0.6 is 11.6 Å². The lowest BCUT2D eigenvalue weighted by Crippen LogP contribution is -2.29. The third kappa shape index (κ3) is 4.16. The van der Waals surface area contributed by atoms with Gasteiger partial charge in [0.05, 0.1) is 10.6 Å². The minimum atomic E-state index is -0.246. The summed E-state index contributed by atoms with van der Waals surface area (Å²) in [4.78, 5) is 16.1. The molecule has 2 aromatic carbocycles. The average molecular weight is 357 g/mol. The van der Waals surface area contributed by atoms with E-state index < -0.39 is 0 Å². The summed E-state index contributed by atoms with van der Waals surface area (Å²) in [6, 6.07) is 14.3. The van der Waals surface area contributed by atoms with E-state index in [1.54, 1.807) is 18.2 Å². The summed E-state index contributed by atoms with van der Waals surface area (Å²) in [7, 11) is 0. The van der Waals surface area contributed by atoms with Gasteiger partial charge in [-0.1, -0.05) is 47.9 Å². The van der Waals surface area contributed by atoms with Crippen LogP contribution in [0.3, 0.4) is 0 Å². The lowest BCUT2D eigenvalue weighted by atomic mass is 10.2. The first-order valence-electron chi connectivity index (χ1n) is 7.91. The topological polar surface area (TPSA) is 80.0 Å². The Labute approximate surface area is 150 Å². The molecule has 25 heavy (non-hydrogen) atoms. The summed E-state index contributed by atoms with van der Waals surface area (Å²) < 4.78 is 5.31. The minimum absolute atomic E-state index is 0.246. The molecule has 0 radical (unpaired) electrons. The molecule has 0 unspecified atom stereocenters. The van der Waals surface area contributed by atoms with Crippen molar-refractivity contribution < 1.29 is 9.32 Å². The Bertz CT molecular complexity index is 879. The quantitative estimate of drug-likeness (QED) is 0.700. The number of hydrogen-bond donors (Lipinski definition) is 2. The molecule has 2 amide bonds. The van der Waals surface area contributed by atoms with Crippen LogP contribution in [-0.2, 0) is 0 Å². The van der Waals surface area contributed by atoms with Crippen molar-refractivity contribution in [1.29, 1.82) is 0 Å². The first-order chi connectivity index (χ1) is 12.2. The molecule has 0 saturated carbocycles. The second-order valence-corrected chi connectivity index (χ2v) is 5.77. The van der Waals surface area contributed by atoms with E-state index in [2.05, 4.69) is 20.8 Å². The number of nitrogens with one attached hydrogen (secondary N) is 2. The highest BCUT2D eigenvalue weighted by atomic mass is 35.5. The van der Waals surface area contributed by atoms with Crippen LogP contribution in [0.25, 0.3) is 22.8 Å². The van der Waals surface area contributed by atoms with E-state index in [1.807, 2.05) is 37.3 Å². The number of nitrogens with zero attached hydrogens (tertiary/aromatic N) is 2. The largest absolute Gasteiger partial charge is 0.338 e. The maximum Gasteiger partial charge on any atom is 0.319 e.